The molecule has 2 saturated heterocycles. The highest BCUT2D eigenvalue weighted by atomic mass is 16.5. The minimum atomic E-state index is -0.0177. The second-order valence-corrected chi connectivity index (χ2v) is 6.20. The van der Waals surface area contributed by atoms with Crippen molar-refractivity contribution < 1.29 is 9.15 Å². The Morgan fingerprint density at radius 3 is 3.09 bits per heavy atom. The maximum Gasteiger partial charge on any atom is 0.222 e. The molecule has 4 heterocycles. The Balaban J connectivity index is 1.34. The van der Waals surface area contributed by atoms with Crippen LogP contribution < -0.4 is 5.32 Å². The van der Waals surface area contributed by atoms with Crippen LogP contribution in [0.3, 0.4) is 0 Å². The summed E-state index contributed by atoms with van der Waals surface area (Å²) in [6, 6.07) is 4.14. The summed E-state index contributed by atoms with van der Waals surface area (Å²) in [5.74, 6) is 0.682. The van der Waals surface area contributed by atoms with Crippen LogP contribution in [0.4, 0.5) is 5.95 Å². The number of ether oxygens (including phenoxy) is 1. The van der Waals surface area contributed by atoms with Crippen LogP contribution in [-0.4, -0.2) is 46.2 Å². The molecule has 2 aliphatic heterocycles. The molecule has 2 atom stereocenters. The van der Waals surface area contributed by atoms with Gasteiger partial charge in [0.2, 0.25) is 5.95 Å². The van der Waals surface area contributed by atoms with Gasteiger partial charge >= 0.3 is 0 Å². The predicted octanol–water partition coefficient (Wildman–Crippen LogP) is 1.92. The number of rotatable bonds is 4. The van der Waals surface area contributed by atoms with Gasteiger partial charge in [0.15, 0.2) is 0 Å². The van der Waals surface area contributed by atoms with Gasteiger partial charge in [-0.1, -0.05) is 0 Å². The largest absolute Gasteiger partial charge is 0.472 e. The van der Waals surface area contributed by atoms with E-state index >= 15 is 0 Å². The molecule has 0 aliphatic carbocycles. The summed E-state index contributed by atoms with van der Waals surface area (Å²) in [5, 5.41) is 3.37. The SMILES string of the molecule is c1cnc(N[C@H]2CO[C@@]3(CCN(Cc4ccoc4)C3)C2)nc1. The van der Waals surface area contributed by atoms with Crippen molar-refractivity contribution in [3.63, 3.8) is 0 Å². The molecule has 1 spiro atoms. The van der Waals surface area contributed by atoms with Crippen LogP contribution in [0.2, 0.25) is 0 Å². The molecule has 2 aromatic heterocycles. The molecule has 2 aliphatic rings. The van der Waals surface area contributed by atoms with Crippen molar-refractivity contribution in [2.75, 3.05) is 25.0 Å². The van der Waals surface area contributed by atoms with E-state index in [1.165, 1.54) is 5.56 Å². The van der Waals surface area contributed by atoms with Crippen molar-refractivity contribution >= 4 is 5.95 Å². The summed E-state index contributed by atoms with van der Waals surface area (Å²) < 4.78 is 11.3. The van der Waals surface area contributed by atoms with E-state index in [-0.39, 0.29) is 11.6 Å². The monoisotopic (exact) mass is 300 g/mol. The second kappa shape index (κ2) is 5.70. The van der Waals surface area contributed by atoms with E-state index in [1.54, 1.807) is 18.7 Å². The molecule has 6 heteroatoms. The molecule has 0 unspecified atom stereocenters. The highest BCUT2D eigenvalue weighted by molar-refractivity contribution is 5.25. The Kier molecular flexibility index (Phi) is 3.56. The van der Waals surface area contributed by atoms with E-state index in [1.807, 2.05) is 18.4 Å². The minimum Gasteiger partial charge on any atom is -0.472 e. The van der Waals surface area contributed by atoms with Crippen LogP contribution in [0.15, 0.2) is 41.5 Å². The third-order valence-electron chi connectivity index (χ3n) is 4.49. The van der Waals surface area contributed by atoms with Crippen LogP contribution in [0.1, 0.15) is 18.4 Å². The van der Waals surface area contributed by atoms with Crippen molar-refractivity contribution in [3.8, 4) is 0 Å². The maximum atomic E-state index is 6.15. The fourth-order valence-corrected chi connectivity index (χ4v) is 3.48. The van der Waals surface area contributed by atoms with Crippen molar-refractivity contribution in [3.05, 3.63) is 42.6 Å². The lowest BCUT2D eigenvalue weighted by Gasteiger charge is -2.23. The zero-order chi connectivity index (χ0) is 14.8. The van der Waals surface area contributed by atoms with Gasteiger partial charge in [0.1, 0.15) is 0 Å². The van der Waals surface area contributed by atoms with Gasteiger partial charge < -0.3 is 14.5 Å². The lowest BCUT2D eigenvalue weighted by atomic mass is 9.97. The smallest absolute Gasteiger partial charge is 0.222 e. The number of furan rings is 1. The van der Waals surface area contributed by atoms with E-state index in [2.05, 4.69) is 20.2 Å². The molecule has 22 heavy (non-hydrogen) atoms. The Morgan fingerprint density at radius 1 is 1.36 bits per heavy atom. The second-order valence-electron chi connectivity index (χ2n) is 6.20. The molecule has 4 rings (SSSR count). The predicted molar refractivity (Wildman–Crippen MR) is 81.3 cm³/mol. The first-order valence-corrected chi connectivity index (χ1v) is 7.72. The number of nitrogens with one attached hydrogen (secondary N) is 1. The first-order valence-electron chi connectivity index (χ1n) is 7.72. The van der Waals surface area contributed by atoms with Crippen LogP contribution in [0.25, 0.3) is 0 Å². The minimum absolute atomic E-state index is 0.0177. The average molecular weight is 300 g/mol. The summed E-state index contributed by atoms with van der Waals surface area (Å²) in [7, 11) is 0. The third-order valence-corrected chi connectivity index (χ3v) is 4.49. The van der Waals surface area contributed by atoms with E-state index in [4.69, 9.17) is 9.15 Å². The third kappa shape index (κ3) is 2.84. The Bertz CT molecular complexity index is 604. The molecule has 0 radical (unpaired) electrons. The number of nitrogens with zero attached hydrogens (tertiary/aromatic N) is 3. The topological polar surface area (TPSA) is 63.4 Å². The van der Waals surface area contributed by atoms with Crippen molar-refractivity contribution in [1.29, 1.82) is 0 Å². The lowest BCUT2D eigenvalue weighted by Crippen LogP contribution is -2.33. The lowest BCUT2D eigenvalue weighted by molar-refractivity contribution is 0.0120. The van der Waals surface area contributed by atoms with Crippen molar-refractivity contribution in [2.24, 2.45) is 0 Å². The van der Waals surface area contributed by atoms with Crippen LogP contribution >= 0.6 is 0 Å². The number of aromatic nitrogens is 2. The zero-order valence-electron chi connectivity index (χ0n) is 12.4. The molecule has 0 saturated carbocycles. The summed E-state index contributed by atoms with van der Waals surface area (Å²) in [5.41, 5.74) is 1.21. The molecular formula is C16H20N4O2. The van der Waals surface area contributed by atoms with Gasteiger partial charge in [0.25, 0.3) is 0 Å². The van der Waals surface area contributed by atoms with E-state index in [0.717, 1.165) is 39.1 Å². The highest BCUT2D eigenvalue weighted by Crippen LogP contribution is 2.36. The van der Waals surface area contributed by atoms with Crippen LogP contribution in [-0.2, 0) is 11.3 Å². The standard InChI is InChI=1S/C16H20N4O2/c1-4-17-15(18-5-1)19-14-8-16(22-11-14)3-6-20(12-16)9-13-2-7-21-10-13/h1-2,4-5,7,10,14H,3,6,8-9,11-12H2,(H,17,18,19)/t14-,16+/m1/s1. The highest BCUT2D eigenvalue weighted by Gasteiger charge is 2.45. The van der Waals surface area contributed by atoms with Gasteiger partial charge in [-0.2, -0.15) is 0 Å². The fourth-order valence-electron chi connectivity index (χ4n) is 3.48. The molecular weight excluding hydrogens is 280 g/mol. The zero-order valence-corrected chi connectivity index (χ0v) is 12.4. The molecule has 0 aromatic carbocycles. The number of hydrogen-bond donors (Lipinski definition) is 1. The molecule has 116 valence electrons. The Morgan fingerprint density at radius 2 is 2.27 bits per heavy atom. The molecule has 0 bridgehead atoms. The average Bonchev–Trinajstić information content (AvgIpc) is 3.25. The number of anilines is 1. The molecule has 0 amide bonds. The van der Waals surface area contributed by atoms with Gasteiger partial charge in [0.05, 0.1) is 30.8 Å². The van der Waals surface area contributed by atoms with Gasteiger partial charge in [-0.05, 0) is 18.6 Å². The van der Waals surface area contributed by atoms with Gasteiger partial charge in [-0.3, -0.25) is 4.90 Å². The van der Waals surface area contributed by atoms with Gasteiger partial charge in [-0.25, -0.2) is 9.97 Å². The number of hydrogen-bond acceptors (Lipinski definition) is 6. The Hall–Kier alpha value is -1.92. The summed E-state index contributed by atoms with van der Waals surface area (Å²) >= 11 is 0. The normalized spacial score (nSPS) is 28.5. The first-order chi connectivity index (χ1) is 10.8. The summed E-state index contributed by atoms with van der Waals surface area (Å²) in [6.45, 7) is 3.70. The van der Waals surface area contributed by atoms with Crippen molar-refractivity contribution in [2.45, 2.75) is 31.0 Å². The molecule has 2 fully saturated rings. The quantitative estimate of drug-likeness (QED) is 0.930. The maximum absolute atomic E-state index is 6.15. The molecule has 1 N–H and O–H groups in total. The van der Waals surface area contributed by atoms with Crippen LogP contribution in [0.5, 0.6) is 0 Å². The Labute approximate surface area is 129 Å². The van der Waals surface area contributed by atoms with Crippen molar-refractivity contribution in [1.82, 2.24) is 14.9 Å². The van der Waals surface area contributed by atoms with Gasteiger partial charge in [-0.15, -0.1) is 0 Å². The summed E-state index contributed by atoms with van der Waals surface area (Å²) in [6.07, 6.45) is 9.14. The first kappa shape index (κ1) is 13.7. The fraction of sp³-hybridized carbons (Fsp3) is 0.500. The summed E-state index contributed by atoms with van der Waals surface area (Å²) in [4.78, 5) is 10.9. The van der Waals surface area contributed by atoms with Gasteiger partial charge in [0, 0.05) is 44.0 Å². The van der Waals surface area contributed by atoms with E-state index in [9.17, 15) is 0 Å². The van der Waals surface area contributed by atoms with E-state index < -0.39 is 0 Å². The molecule has 6 nitrogen and oxygen atoms in total. The van der Waals surface area contributed by atoms with Crippen LogP contribution in [0, 0.1) is 0 Å². The number of likely N-dealkylation sites (tertiary alicyclic amines) is 1. The van der Waals surface area contributed by atoms with E-state index in [0.29, 0.717) is 5.95 Å². The molecule has 2 aromatic rings.